The lowest BCUT2D eigenvalue weighted by Gasteiger charge is -2.38. The summed E-state index contributed by atoms with van der Waals surface area (Å²) in [6, 6.07) is 16.4. The van der Waals surface area contributed by atoms with E-state index in [1.807, 2.05) is 24.3 Å². The van der Waals surface area contributed by atoms with Crippen LogP contribution in [-0.2, 0) is 11.2 Å². The smallest absolute Gasteiger partial charge is 0.173 e. The number of hydrogen-bond donors (Lipinski definition) is 0. The van der Waals surface area contributed by atoms with Gasteiger partial charge in [-0.1, -0.05) is 75.7 Å². The Labute approximate surface area is 184 Å². The maximum atomic E-state index is 13.5. The molecule has 3 aliphatic rings. The van der Waals surface area contributed by atoms with Gasteiger partial charge >= 0.3 is 0 Å². The first-order chi connectivity index (χ1) is 14.9. The van der Waals surface area contributed by atoms with Crippen LogP contribution in [0.25, 0.3) is 0 Å². The molecule has 2 unspecified atom stereocenters. The summed E-state index contributed by atoms with van der Waals surface area (Å²) in [6.45, 7) is 6.46. The number of ketones is 2. The number of Topliss-reactive ketones (excluding diaryl/α,β-unsaturated/α-hetero) is 2. The van der Waals surface area contributed by atoms with Crippen molar-refractivity contribution in [2.24, 2.45) is 16.3 Å². The number of carbonyl (C=O) groups is 2. The fourth-order valence-corrected chi connectivity index (χ4v) is 5.52. The van der Waals surface area contributed by atoms with E-state index < -0.39 is 5.92 Å². The summed E-state index contributed by atoms with van der Waals surface area (Å²) < 4.78 is 0. The summed E-state index contributed by atoms with van der Waals surface area (Å²) in [6.07, 6.45) is 4.67. The molecule has 3 nitrogen and oxygen atoms in total. The average molecular weight is 412 g/mol. The van der Waals surface area contributed by atoms with Crippen molar-refractivity contribution in [2.45, 2.75) is 58.8 Å². The number of rotatable bonds is 4. The molecule has 0 radical (unpaired) electrons. The van der Waals surface area contributed by atoms with Gasteiger partial charge in [0.1, 0.15) is 0 Å². The first kappa shape index (κ1) is 20.1. The Hall–Kier alpha value is -2.81. The van der Waals surface area contributed by atoms with Gasteiger partial charge in [-0.3, -0.25) is 14.6 Å². The number of unbranched alkanes of at least 4 members (excludes halogenated alkanes) is 1. The lowest BCUT2D eigenvalue weighted by molar-refractivity contribution is -0.118. The highest BCUT2D eigenvalue weighted by Gasteiger charge is 2.50. The molecule has 0 spiro atoms. The molecule has 2 aromatic rings. The van der Waals surface area contributed by atoms with Crippen molar-refractivity contribution in [1.29, 1.82) is 0 Å². The Morgan fingerprint density at radius 2 is 1.65 bits per heavy atom. The van der Waals surface area contributed by atoms with Crippen molar-refractivity contribution in [3.05, 3.63) is 82.1 Å². The van der Waals surface area contributed by atoms with E-state index in [-0.39, 0.29) is 22.9 Å². The van der Waals surface area contributed by atoms with Gasteiger partial charge in [0.25, 0.3) is 0 Å². The molecule has 31 heavy (non-hydrogen) atoms. The summed E-state index contributed by atoms with van der Waals surface area (Å²) >= 11 is 0. The first-order valence-electron chi connectivity index (χ1n) is 11.5. The van der Waals surface area contributed by atoms with Crippen LogP contribution in [0.2, 0.25) is 0 Å². The summed E-state index contributed by atoms with van der Waals surface area (Å²) in [5.41, 5.74) is 6.44. The second kappa shape index (κ2) is 7.40. The van der Waals surface area contributed by atoms with Crippen molar-refractivity contribution in [2.75, 3.05) is 0 Å². The third-order valence-corrected chi connectivity index (χ3v) is 7.00. The number of fused-ring (bicyclic) bond motifs is 3. The quantitative estimate of drug-likeness (QED) is 0.613. The largest absolute Gasteiger partial charge is 0.294 e. The summed E-state index contributed by atoms with van der Waals surface area (Å²) in [4.78, 5) is 31.9. The lowest BCUT2D eigenvalue weighted by atomic mass is 9.66. The van der Waals surface area contributed by atoms with Crippen LogP contribution in [0.4, 0.5) is 0 Å². The van der Waals surface area contributed by atoms with Gasteiger partial charge in [0.2, 0.25) is 0 Å². The second-order valence-electron chi connectivity index (χ2n) is 10.0. The van der Waals surface area contributed by atoms with Crippen LogP contribution in [0.5, 0.6) is 0 Å². The van der Waals surface area contributed by atoms with E-state index in [9.17, 15) is 9.59 Å². The topological polar surface area (TPSA) is 46.5 Å². The maximum Gasteiger partial charge on any atom is 0.173 e. The van der Waals surface area contributed by atoms with Crippen LogP contribution in [0.1, 0.15) is 79.4 Å². The zero-order chi connectivity index (χ0) is 21.8. The number of aliphatic imine (C=N–C) groups is 1. The molecule has 2 atom stereocenters. The molecule has 1 heterocycles. The van der Waals surface area contributed by atoms with Crippen molar-refractivity contribution in [3.63, 3.8) is 0 Å². The molecule has 158 valence electrons. The normalized spacial score (nSPS) is 23.9. The van der Waals surface area contributed by atoms with Crippen LogP contribution in [0.15, 0.2) is 64.8 Å². The van der Waals surface area contributed by atoms with E-state index in [4.69, 9.17) is 4.99 Å². The minimum atomic E-state index is -0.400. The van der Waals surface area contributed by atoms with E-state index in [2.05, 4.69) is 45.0 Å². The molecule has 0 bridgehead atoms. The molecular weight excluding hydrogens is 382 g/mol. The highest BCUT2D eigenvalue weighted by molar-refractivity contribution is 6.30. The molecule has 0 N–H and O–H groups in total. The Morgan fingerprint density at radius 3 is 2.35 bits per heavy atom. The highest BCUT2D eigenvalue weighted by Crippen LogP contribution is 2.51. The number of benzene rings is 2. The van der Waals surface area contributed by atoms with Crippen LogP contribution in [0.3, 0.4) is 0 Å². The fourth-order valence-electron chi connectivity index (χ4n) is 5.52. The minimum Gasteiger partial charge on any atom is -0.294 e. The molecular formula is C28H29NO2. The van der Waals surface area contributed by atoms with Gasteiger partial charge in [-0.2, -0.15) is 0 Å². The van der Waals surface area contributed by atoms with Crippen LogP contribution >= 0.6 is 0 Å². The number of nitrogens with zero attached hydrogens (tertiary/aromatic N) is 1. The van der Waals surface area contributed by atoms with Gasteiger partial charge < -0.3 is 0 Å². The standard InChI is InChI=1S/C28H29NO2/c1-4-5-8-17-11-13-18(14-12-17)23-24-21(15-28(2,3)16-22(24)30)29-26-19-9-6-7-10-20(19)27(31)25(23)26/h6-7,9-14,23,25H,4-5,8,15-16H2,1-3H3. The maximum absolute atomic E-state index is 13.5. The molecule has 0 saturated carbocycles. The van der Waals surface area contributed by atoms with Gasteiger partial charge in [0.05, 0.1) is 11.6 Å². The van der Waals surface area contributed by atoms with Crippen LogP contribution in [0, 0.1) is 11.3 Å². The zero-order valence-corrected chi connectivity index (χ0v) is 18.6. The number of carbonyl (C=O) groups excluding carboxylic acids is 2. The van der Waals surface area contributed by atoms with E-state index in [1.54, 1.807) is 0 Å². The minimum absolute atomic E-state index is 0.0959. The first-order valence-corrected chi connectivity index (χ1v) is 11.5. The summed E-state index contributed by atoms with van der Waals surface area (Å²) in [5.74, 6) is -0.398. The van der Waals surface area contributed by atoms with E-state index in [1.165, 1.54) is 18.4 Å². The van der Waals surface area contributed by atoms with Gasteiger partial charge in [-0.05, 0) is 35.8 Å². The molecule has 3 heteroatoms. The van der Waals surface area contributed by atoms with Gasteiger partial charge in [0.15, 0.2) is 11.6 Å². The van der Waals surface area contributed by atoms with Crippen molar-refractivity contribution < 1.29 is 9.59 Å². The third-order valence-electron chi connectivity index (χ3n) is 7.00. The SMILES string of the molecule is CCCCc1ccc(C2C3=C(CC(C)(C)CC3=O)N=C3c4ccccc4C(=O)C32)cc1. The molecule has 0 saturated heterocycles. The Kier molecular flexibility index (Phi) is 4.80. The van der Waals surface area contributed by atoms with E-state index in [0.717, 1.165) is 46.5 Å². The molecule has 2 aromatic carbocycles. The highest BCUT2D eigenvalue weighted by atomic mass is 16.1. The third kappa shape index (κ3) is 3.31. The Bertz CT molecular complexity index is 1130. The lowest BCUT2D eigenvalue weighted by Crippen LogP contribution is -2.37. The van der Waals surface area contributed by atoms with Gasteiger partial charge in [0, 0.05) is 34.7 Å². The number of allylic oxidation sites excluding steroid dienone is 2. The summed E-state index contributed by atoms with van der Waals surface area (Å²) in [5, 5.41) is 0. The Balaban J connectivity index is 1.66. The summed E-state index contributed by atoms with van der Waals surface area (Å²) in [7, 11) is 0. The molecule has 0 aromatic heterocycles. The number of aryl methyl sites for hydroxylation is 1. The van der Waals surface area contributed by atoms with Crippen LogP contribution in [-0.4, -0.2) is 17.3 Å². The fraction of sp³-hybridized carbons (Fsp3) is 0.393. The molecule has 2 aliphatic carbocycles. The van der Waals surface area contributed by atoms with Crippen LogP contribution < -0.4 is 0 Å². The molecule has 1 aliphatic heterocycles. The molecule has 5 rings (SSSR count). The van der Waals surface area contributed by atoms with Crippen molar-refractivity contribution in [3.8, 4) is 0 Å². The van der Waals surface area contributed by atoms with E-state index in [0.29, 0.717) is 6.42 Å². The predicted octanol–water partition coefficient (Wildman–Crippen LogP) is 6.07. The van der Waals surface area contributed by atoms with E-state index >= 15 is 0 Å². The Morgan fingerprint density at radius 1 is 0.935 bits per heavy atom. The molecule has 0 amide bonds. The van der Waals surface area contributed by atoms with Crippen molar-refractivity contribution in [1.82, 2.24) is 0 Å². The number of hydrogen-bond acceptors (Lipinski definition) is 3. The van der Waals surface area contributed by atoms with Gasteiger partial charge in [-0.15, -0.1) is 0 Å². The monoisotopic (exact) mass is 411 g/mol. The van der Waals surface area contributed by atoms with Gasteiger partial charge in [-0.25, -0.2) is 0 Å². The predicted molar refractivity (Wildman–Crippen MR) is 124 cm³/mol. The van der Waals surface area contributed by atoms with Crippen molar-refractivity contribution >= 4 is 17.3 Å². The molecule has 0 fully saturated rings. The second-order valence-corrected chi connectivity index (χ2v) is 10.0. The average Bonchev–Trinajstić information content (AvgIpc) is 3.02. The zero-order valence-electron chi connectivity index (χ0n) is 18.6.